The predicted molar refractivity (Wildman–Crippen MR) is 116 cm³/mol. The second-order valence-electron chi connectivity index (χ2n) is 4.93. The highest BCUT2D eigenvalue weighted by molar-refractivity contribution is 5.88. The number of hydrogen-bond donors (Lipinski definition) is 1. The van der Waals surface area contributed by atoms with E-state index in [1.807, 2.05) is 47.6 Å². The number of benzene rings is 1. The van der Waals surface area contributed by atoms with Crippen LogP contribution >= 0.6 is 0 Å². The highest BCUT2D eigenvalue weighted by Gasteiger charge is 2.05. The summed E-state index contributed by atoms with van der Waals surface area (Å²) in [5.41, 5.74) is 3.21. The molecule has 0 fully saturated rings. The van der Waals surface area contributed by atoms with Crippen molar-refractivity contribution in [1.29, 1.82) is 0 Å². The average Bonchev–Trinajstić information content (AvgIpc) is 3.14. The van der Waals surface area contributed by atoms with Crippen LogP contribution in [-0.4, -0.2) is 25.7 Å². The van der Waals surface area contributed by atoms with Crippen molar-refractivity contribution in [3.8, 4) is 11.8 Å². The van der Waals surface area contributed by atoms with Gasteiger partial charge in [-0.3, -0.25) is 0 Å². The number of hydrogen-bond acceptors (Lipinski definition) is 3. The van der Waals surface area contributed by atoms with Gasteiger partial charge < -0.3 is 5.11 Å². The average molecular weight is 380 g/mol. The molecule has 2 aromatic heterocycles. The van der Waals surface area contributed by atoms with E-state index in [0.29, 0.717) is 11.3 Å². The van der Waals surface area contributed by atoms with Crippen LogP contribution in [-0.2, 0) is 0 Å². The topological polar surface area (TPSA) is 67.5 Å². The summed E-state index contributed by atoms with van der Waals surface area (Å²) in [6.45, 7) is 15.1. The van der Waals surface area contributed by atoms with Crippen LogP contribution < -0.4 is 0 Å². The molecule has 0 unspecified atom stereocenters. The predicted octanol–water partition coefficient (Wildman–Crippen LogP) is 5.38. The fourth-order valence-corrected chi connectivity index (χ4v) is 1.94. The summed E-state index contributed by atoms with van der Waals surface area (Å²) in [4.78, 5) is 15.2. The van der Waals surface area contributed by atoms with Crippen LogP contribution in [0.1, 0.15) is 61.8 Å². The normalized spacial score (nSPS) is 8.50. The Kier molecular flexibility index (Phi) is 12.1. The summed E-state index contributed by atoms with van der Waals surface area (Å²) in [5.74, 6) is 5.01. The summed E-state index contributed by atoms with van der Waals surface area (Å²) in [6, 6.07) is 8.54. The smallest absolute Gasteiger partial charge is 0.335 e. The van der Waals surface area contributed by atoms with E-state index in [2.05, 4.69) is 28.5 Å². The van der Waals surface area contributed by atoms with Crippen LogP contribution in [0.15, 0.2) is 55.4 Å². The number of rotatable bonds is 1. The molecule has 3 rings (SSSR count). The van der Waals surface area contributed by atoms with Crippen molar-refractivity contribution >= 4 is 11.6 Å². The number of carboxylic acid groups (broad SMARTS) is 1. The summed E-state index contributed by atoms with van der Waals surface area (Å²) in [6.07, 6.45) is 5.06. The Balaban J connectivity index is 0.000000930. The SMILES string of the molecule is C=CC.CC.CC.Cc1ccc(C(=O)O)cc1C#Cc1cnc2cccnn12. The zero-order chi connectivity index (χ0) is 21.5. The Bertz CT molecular complexity index is 947. The monoisotopic (exact) mass is 379 g/mol. The minimum Gasteiger partial charge on any atom is -0.478 e. The molecule has 28 heavy (non-hydrogen) atoms. The van der Waals surface area contributed by atoms with Gasteiger partial charge in [0.25, 0.3) is 0 Å². The molecule has 148 valence electrons. The van der Waals surface area contributed by atoms with Crippen molar-refractivity contribution < 1.29 is 9.90 Å². The van der Waals surface area contributed by atoms with Gasteiger partial charge >= 0.3 is 5.97 Å². The van der Waals surface area contributed by atoms with Crippen LogP contribution in [0, 0.1) is 18.8 Å². The second-order valence-corrected chi connectivity index (χ2v) is 4.93. The fraction of sp³-hybridized carbons (Fsp3) is 0.261. The van der Waals surface area contributed by atoms with Crippen molar-refractivity contribution in [3.05, 3.63) is 77.8 Å². The van der Waals surface area contributed by atoms with E-state index in [9.17, 15) is 4.79 Å². The maximum absolute atomic E-state index is 11.0. The molecule has 3 aromatic rings. The molecule has 0 spiro atoms. The Morgan fingerprint density at radius 2 is 1.82 bits per heavy atom. The lowest BCUT2D eigenvalue weighted by Gasteiger charge is -1.99. The molecule has 0 aliphatic carbocycles. The molecule has 0 saturated carbocycles. The first-order valence-electron chi connectivity index (χ1n) is 9.28. The molecule has 0 radical (unpaired) electrons. The molecule has 5 heteroatoms. The van der Waals surface area contributed by atoms with Crippen LogP contribution in [0.5, 0.6) is 0 Å². The minimum absolute atomic E-state index is 0.223. The Labute approximate surface area is 167 Å². The molecule has 1 aromatic carbocycles. The molecule has 0 bridgehead atoms. The van der Waals surface area contributed by atoms with Crippen LogP contribution in [0.3, 0.4) is 0 Å². The molecule has 1 N–H and O–H groups in total. The first-order valence-corrected chi connectivity index (χ1v) is 9.28. The lowest BCUT2D eigenvalue weighted by Crippen LogP contribution is -1.97. The number of fused-ring (bicyclic) bond motifs is 1. The first kappa shape index (κ1) is 24.6. The lowest BCUT2D eigenvalue weighted by atomic mass is 10.1. The van der Waals surface area contributed by atoms with Gasteiger partial charge in [-0.15, -0.1) is 6.58 Å². The Morgan fingerprint density at radius 3 is 2.43 bits per heavy atom. The van der Waals surface area contributed by atoms with Gasteiger partial charge in [-0.05, 0) is 49.6 Å². The van der Waals surface area contributed by atoms with Gasteiger partial charge in [0, 0.05) is 11.8 Å². The Hall–Kier alpha value is -3.39. The molecular weight excluding hydrogens is 350 g/mol. The maximum Gasteiger partial charge on any atom is 0.335 e. The van der Waals surface area contributed by atoms with Crippen molar-refractivity contribution in [2.75, 3.05) is 0 Å². The van der Waals surface area contributed by atoms with E-state index in [-0.39, 0.29) is 5.56 Å². The van der Waals surface area contributed by atoms with Gasteiger partial charge in [0.2, 0.25) is 0 Å². The van der Waals surface area contributed by atoms with Gasteiger partial charge in [-0.2, -0.15) is 5.10 Å². The standard InChI is InChI=1S/C16H11N3O2.C3H6.2C2H6/c1-11-4-5-13(16(20)21)9-12(11)6-7-14-10-17-15-3-2-8-18-19(14)15;1-3-2;2*1-2/h2-5,8-10H,1H3,(H,20,21);3H,1H2,2H3;2*1-2H3. The number of aromatic nitrogens is 3. The number of carboxylic acids is 1. The van der Waals surface area contributed by atoms with Crippen molar-refractivity contribution in [3.63, 3.8) is 0 Å². The first-order chi connectivity index (χ1) is 13.6. The van der Waals surface area contributed by atoms with Crippen molar-refractivity contribution in [1.82, 2.24) is 14.6 Å². The van der Waals surface area contributed by atoms with Gasteiger partial charge in [-0.25, -0.2) is 14.3 Å². The van der Waals surface area contributed by atoms with E-state index in [1.54, 1.807) is 47.3 Å². The summed E-state index contributed by atoms with van der Waals surface area (Å²) >= 11 is 0. The van der Waals surface area contributed by atoms with E-state index in [1.165, 1.54) is 0 Å². The maximum atomic E-state index is 11.0. The molecule has 5 nitrogen and oxygen atoms in total. The number of carbonyl (C=O) groups is 1. The number of allylic oxidation sites excluding steroid dienone is 1. The zero-order valence-corrected chi connectivity index (χ0v) is 17.5. The largest absolute Gasteiger partial charge is 0.478 e. The molecule has 0 amide bonds. The molecule has 0 aliphatic rings. The number of nitrogens with zero attached hydrogens (tertiary/aromatic N) is 3. The highest BCUT2D eigenvalue weighted by atomic mass is 16.4. The van der Waals surface area contributed by atoms with Gasteiger partial charge in [-0.1, -0.05) is 45.8 Å². The van der Waals surface area contributed by atoms with Crippen molar-refractivity contribution in [2.24, 2.45) is 0 Å². The van der Waals surface area contributed by atoms with Crippen LogP contribution in [0.2, 0.25) is 0 Å². The number of aromatic carboxylic acids is 1. The molecular formula is C23H29N3O2. The third kappa shape index (κ3) is 7.08. The fourth-order valence-electron chi connectivity index (χ4n) is 1.94. The van der Waals surface area contributed by atoms with Crippen molar-refractivity contribution in [2.45, 2.75) is 41.5 Å². The molecule has 0 atom stereocenters. The molecule has 0 saturated heterocycles. The highest BCUT2D eigenvalue weighted by Crippen LogP contribution is 2.11. The number of imidazole rings is 1. The lowest BCUT2D eigenvalue weighted by molar-refractivity contribution is 0.0697. The molecule has 0 aliphatic heterocycles. The third-order valence-corrected chi connectivity index (χ3v) is 3.09. The zero-order valence-electron chi connectivity index (χ0n) is 17.5. The van der Waals surface area contributed by atoms with Gasteiger partial charge in [0.1, 0.15) is 5.69 Å². The molecule has 2 heterocycles. The van der Waals surface area contributed by atoms with E-state index < -0.39 is 5.97 Å². The summed E-state index contributed by atoms with van der Waals surface area (Å²) in [7, 11) is 0. The quantitative estimate of drug-likeness (QED) is 0.455. The van der Waals surface area contributed by atoms with Gasteiger partial charge in [0.05, 0.1) is 11.8 Å². The third-order valence-electron chi connectivity index (χ3n) is 3.09. The number of aryl methyl sites for hydroxylation is 1. The second kappa shape index (κ2) is 13.8. The van der Waals surface area contributed by atoms with E-state index in [4.69, 9.17) is 5.11 Å². The van der Waals surface area contributed by atoms with Crippen LogP contribution in [0.4, 0.5) is 0 Å². The Morgan fingerprint density at radius 1 is 1.18 bits per heavy atom. The van der Waals surface area contributed by atoms with Gasteiger partial charge in [0.15, 0.2) is 5.65 Å². The summed E-state index contributed by atoms with van der Waals surface area (Å²) < 4.78 is 1.64. The van der Waals surface area contributed by atoms with Crippen LogP contribution in [0.25, 0.3) is 5.65 Å². The summed E-state index contributed by atoms with van der Waals surface area (Å²) in [5, 5.41) is 13.2. The van der Waals surface area contributed by atoms with E-state index >= 15 is 0 Å². The van der Waals surface area contributed by atoms with E-state index in [0.717, 1.165) is 11.2 Å². The minimum atomic E-state index is -0.963.